The van der Waals surface area contributed by atoms with E-state index < -0.39 is 6.04 Å². The van der Waals surface area contributed by atoms with Crippen molar-refractivity contribution in [1.82, 2.24) is 44.7 Å². The number of aromatic nitrogens is 5. The normalized spacial score (nSPS) is 20.0. The minimum Gasteiger partial charge on any atom is -0.368 e. The molecule has 4 saturated heterocycles. The van der Waals surface area contributed by atoms with Crippen LogP contribution in [-0.2, 0) is 23.2 Å². The predicted molar refractivity (Wildman–Crippen MR) is 241 cm³/mol. The number of aromatic amines is 1. The molecule has 1 atom stereocenters. The lowest BCUT2D eigenvalue weighted by molar-refractivity contribution is -0.133. The van der Waals surface area contributed by atoms with Crippen molar-refractivity contribution in [2.75, 3.05) is 69.1 Å². The number of piperazine rings is 1. The summed E-state index contributed by atoms with van der Waals surface area (Å²) in [5.41, 5.74) is 8.88. The molecule has 4 aromatic heterocycles. The smallest absolute Gasteiger partial charge is 0.253 e. The van der Waals surface area contributed by atoms with Crippen LogP contribution in [0.3, 0.4) is 0 Å². The fraction of sp³-hybridized carbons (Fsp3) is 0.417. The molecule has 0 spiro atoms. The number of carbonyl (C=O) groups is 3. The Labute approximate surface area is 361 Å². The highest BCUT2D eigenvalue weighted by Gasteiger charge is 2.29. The van der Waals surface area contributed by atoms with E-state index in [9.17, 15) is 14.4 Å². The summed E-state index contributed by atoms with van der Waals surface area (Å²) in [6, 6.07) is 22.9. The number of carbonyl (C=O) groups excluding carboxylic acids is 3. The van der Waals surface area contributed by atoms with Crippen molar-refractivity contribution >= 4 is 51.2 Å². The van der Waals surface area contributed by atoms with E-state index in [1.54, 1.807) is 0 Å². The topological polar surface area (TPSA) is 148 Å². The van der Waals surface area contributed by atoms with Crippen molar-refractivity contribution in [3.63, 3.8) is 0 Å². The van der Waals surface area contributed by atoms with E-state index in [1.807, 2.05) is 30.7 Å². The molecule has 62 heavy (non-hydrogen) atoms. The van der Waals surface area contributed by atoms with Crippen LogP contribution in [0.4, 0.5) is 11.5 Å². The maximum Gasteiger partial charge on any atom is 0.253 e. The molecule has 3 N–H and O–H groups in total. The van der Waals surface area contributed by atoms with E-state index in [0.29, 0.717) is 30.5 Å². The Hall–Kier alpha value is -6.12. The Kier molecular flexibility index (Phi) is 11.2. The van der Waals surface area contributed by atoms with E-state index in [2.05, 4.69) is 112 Å². The highest BCUT2D eigenvalue weighted by molar-refractivity contribution is 6.01. The molecule has 0 saturated carbocycles. The van der Waals surface area contributed by atoms with E-state index >= 15 is 0 Å². The number of imide groups is 1. The number of rotatable bonds is 10. The van der Waals surface area contributed by atoms with Crippen molar-refractivity contribution in [3.05, 3.63) is 102 Å². The molecule has 0 radical (unpaired) electrons. The first-order chi connectivity index (χ1) is 30.3. The molecule has 4 aliphatic rings. The summed E-state index contributed by atoms with van der Waals surface area (Å²) in [4.78, 5) is 56.0. The Morgan fingerprint density at radius 2 is 1.61 bits per heavy atom. The summed E-state index contributed by atoms with van der Waals surface area (Å²) in [6.07, 6.45) is 10.7. The summed E-state index contributed by atoms with van der Waals surface area (Å²) in [5.74, 6) is 1.37. The first-order valence-corrected chi connectivity index (χ1v) is 22.3. The SMILES string of the molecule is Cn1c(CN2CCC(c3ccc(C(=O)N4CCC(CN5CCN(c6ccc(NC7CCC(=O)NC7=O)nc6)CC5)CC4)cc3)CC2)cc2c(-c3ccc4[nH]ncc4c3)ccnc21. The third-order valence-electron chi connectivity index (χ3n) is 13.8. The van der Waals surface area contributed by atoms with Gasteiger partial charge in [0.25, 0.3) is 5.91 Å². The van der Waals surface area contributed by atoms with Crippen LogP contribution >= 0.6 is 0 Å². The zero-order chi connectivity index (χ0) is 42.2. The largest absolute Gasteiger partial charge is 0.368 e. The molecule has 6 aromatic rings. The average molecular weight is 834 g/mol. The maximum atomic E-state index is 13.6. The molecular weight excluding hydrogens is 779 g/mol. The van der Waals surface area contributed by atoms with Crippen molar-refractivity contribution in [1.29, 1.82) is 0 Å². The molecule has 320 valence electrons. The molecule has 14 nitrogen and oxygen atoms in total. The lowest BCUT2D eigenvalue weighted by Gasteiger charge is -2.39. The van der Waals surface area contributed by atoms with Crippen LogP contribution in [0.25, 0.3) is 33.1 Å². The Morgan fingerprint density at radius 1 is 0.806 bits per heavy atom. The summed E-state index contributed by atoms with van der Waals surface area (Å²) < 4.78 is 2.25. The molecule has 0 aliphatic carbocycles. The van der Waals surface area contributed by atoms with Gasteiger partial charge >= 0.3 is 0 Å². The monoisotopic (exact) mass is 833 g/mol. The van der Waals surface area contributed by atoms with Gasteiger partial charge in [-0.15, -0.1) is 0 Å². The quantitative estimate of drug-likeness (QED) is 0.145. The number of amides is 3. The molecule has 8 heterocycles. The zero-order valence-corrected chi connectivity index (χ0v) is 35.4. The van der Waals surface area contributed by atoms with Crippen molar-refractivity contribution in [2.24, 2.45) is 13.0 Å². The van der Waals surface area contributed by atoms with Gasteiger partial charge in [0.15, 0.2) is 0 Å². The highest BCUT2D eigenvalue weighted by atomic mass is 16.2. The fourth-order valence-corrected chi connectivity index (χ4v) is 10.1. The van der Waals surface area contributed by atoms with E-state index in [0.717, 1.165) is 119 Å². The number of H-pyrrole nitrogens is 1. The number of nitrogens with zero attached hydrogens (tertiary/aromatic N) is 8. The second kappa shape index (κ2) is 17.3. The molecule has 10 rings (SSSR count). The maximum absolute atomic E-state index is 13.6. The van der Waals surface area contributed by atoms with Crippen LogP contribution in [-0.4, -0.2) is 122 Å². The molecule has 4 fully saturated rings. The number of nitrogens with one attached hydrogen (secondary N) is 3. The second-order valence-electron chi connectivity index (χ2n) is 17.7. The Morgan fingerprint density at radius 3 is 2.37 bits per heavy atom. The molecule has 3 amide bonds. The zero-order valence-electron chi connectivity index (χ0n) is 35.4. The lowest BCUT2D eigenvalue weighted by atomic mass is 9.88. The standard InChI is InChI=1S/C48H55N11O3/c1-55-39(27-41-40(12-17-49-46(41)55)36-6-8-42-37(26-36)28-51-54-42)31-56-18-15-34(16-19-56)33-2-4-35(5-3-33)48(62)59-20-13-32(14-21-59)30-57-22-24-58(25-23-57)38-7-10-44(50-29-38)52-43-9-11-45(60)53-47(43)61/h2-8,10,12,17,26-29,32,34,43H,9,11,13-16,18-25,30-31H2,1H3,(H,50,52)(H,51,54)(H,53,60,61). The van der Waals surface area contributed by atoms with Crippen LogP contribution in [0, 0.1) is 5.92 Å². The molecule has 2 aromatic carbocycles. The highest BCUT2D eigenvalue weighted by Crippen LogP contribution is 2.34. The first kappa shape index (κ1) is 40.0. The van der Waals surface area contributed by atoms with Gasteiger partial charge in [0.05, 0.1) is 23.6 Å². The van der Waals surface area contributed by atoms with Gasteiger partial charge in [0.2, 0.25) is 11.8 Å². The minimum atomic E-state index is -0.439. The van der Waals surface area contributed by atoms with E-state index in [1.165, 1.54) is 27.8 Å². The van der Waals surface area contributed by atoms with Gasteiger partial charge in [-0.1, -0.05) is 18.2 Å². The Balaban J connectivity index is 0.659. The van der Waals surface area contributed by atoms with Crippen molar-refractivity contribution < 1.29 is 14.4 Å². The summed E-state index contributed by atoms with van der Waals surface area (Å²) in [6.45, 7) is 9.51. The van der Waals surface area contributed by atoms with Crippen molar-refractivity contribution in [2.45, 2.75) is 57.0 Å². The number of likely N-dealkylation sites (tertiary alicyclic amines) is 2. The molecule has 4 aliphatic heterocycles. The molecular formula is C48H55N11O3. The number of hydrogen-bond acceptors (Lipinski definition) is 10. The second-order valence-corrected chi connectivity index (χ2v) is 17.7. The van der Waals surface area contributed by atoms with Crippen LogP contribution in [0.5, 0.6) is 0 Å². The van der Waals surface area contributed by atoms with Gasteiger partial charge in [-0.05, 0) is 122 Å². The number of aryl methyl sites for hydroxylation is 1. The van der Waals surface area contributed by atoms with Gasteiger partial charge in [-0.3, -0.25) is 34.6 Å². The van der Waals surface area contributed by atoms with Crippen LogP contribution < -0.4 is 15.5 Å². The number of anilines is 2. The predicted octanol–water partition coefficient (Wildman–Crippen LogP) is 5.78. The summed E-state index contributed by atoms with van der Waals surface area (Å²) >= 11 is 0. The number of piperidine rings is 3. The van der Waals surface area contributed by atoms with Crippen LogP contribution in [0.2, 0.25) is 0 Å². The molecule has 0 bridgehead atoms. The van der Waals surface area contributed by atoms with Gasteiger partial charge in [-0.2, -0.15) is 5.10 Å². The molecule has 1 unspecified atom stereocenters. The Bertz CT molecular complexity index is 2560. The van der Waals surface area contributed by atoms with Crippen LogP contribution in [0.1, 0.15) is 66.1 Å². The number of pyridine rings is 2. The van der Waals surface area contributed by atoms with Crippen molar-refractivity contribution in [3.8, 4) is 11.1 Å². The van der Waals surface area contributed by atoms with Gasteiger partial charge in [0, 0.05) is 94.1 Å². The summed E-state index contributed by atoms with van der Waals surface area (Å²) in [7, 11) is 2.13. The van der Waals surface area contributed by atoms with E-state index in [4.69, 9.17) is 4.98 Å². The van der Waals surface area contributed by atoms with Crippen LogP contribution in [0.15, 0.2) is 85.3 Å². The van der Waals surface area contributed by atoms with E-state index in [-0.39, 0.29) is 17.7 Å². The fourth-order valence-electron chi connectivity index (χ4n) is 10.1. The molecule has 14 heteroatoms. The number of hydrogen-bond donors (Lipinski definition) is 3. The first-order valence-electron chi connectivity index (χ1n) is 22.3. The third kappa shape index (κ3) is 8.41. The lowest BCUT2D eigenvalue weighted by Crippen LogP contribution is -2.49. The number of fused-ring (bicyclic) bond motifs is 2. The summed E-state index contributed by atoms with van der Waals surface area (Å²) in [5, 5.41) is 15.1. The number of benzene rings is 2. The minimum absolute atomic E-state index is 0.153. The van der Waals surface area contributed by atoms with Gasteiger partial charge in [-0.25, -0.2) is 9.97 Å². The average Bonchev–Trinajstić information content (AvgIpc) is 3.91. The van der Waals surface area contributed by atoms with Gasteiger partial charge in [0.1, 0.15) is 17.5 Å². The third-order valence-corrected chi connectivity index (χ3v) is 13.8. The van der Waals surface area contributed by atoms with Gasteiger partial charge < -0.3 is 19.7 Å².